The number of rotatable bonds is 7. The third-order valence-electron chi connectivity index (χ3n) is 3.00. The molecule has 124 valence electrons. The molecule has 1 aromatic rings. The Morgan fingerprint density at radius 2 is 1.83 bits per heavy atom. The maximum atomic E-state index is 11.5. The lowest BCUT2D eigenvalue weighted by Gasteiger charge is -2.19. The van der Waals surface area contributed by atoms with Gasteiger partial charge in [0.15, 0.2) is 13.2 Å². The molecule has 0 saturated heterocycles. The van der Waals surface area contributed by atoms with Crippen LogP contribution in [0.2, 0.25) is 0 Å². The van der Waals surface area contributed by atoms with Gasteiger partial charge < -0.3 is 14.8 Å². The van der Waals surface area contributed by atoms with Crippen molar-refractivity contribution >= 4 is 11.9 Å². The Balaban J connectivity index is 2.31. The highest BCUT2D eigenvalue weighted by Gasteiger charge is 2.13. The highest BCUT2D eigenvalue weighted by molar-refractivity contribution is 5.80. The second kappa shape index (κ2) is 8.79. The van der Waals surface area contributed by atoms with E-state index in [2.05, 4.69) is 26.1 Å². The Bertz CT molecular complexity index is 568. The first-order valence-electron chi connectivity index (χ1n) is 7.35. The normalized spacial score (nSPS) is 10.5. The van der Waals surface area contributed by atoms with Crippen molar-refractivity contribution in [3.05, 3.63) is 29.8 Å². The molecule has 0 saturated carbocycles. The van der Waals surface area contributed by atoms with Crippen molar-refractivity contribution in [1.82, 2.24) is 5.32 Å². The lowest BCUT2D eigenvalue weighted by Crippen LogP contribution is -2.30. The molecule has 0 radical (unpaired) electrons. The van der Waals surface area contributed by atoms with E-state index in [0.717, 1.165) is 0 Å². The summed E-state index contributed by atoms with van der Waals surface area (Å²) in [6, 6.07) is 9.38. The number of amides is 1. The summed E-state index contributed by atoms with van der Waals surface area (Å²) in [5.41, 5.74) is 1.22. The molecular formula is C17H22N2O4. The monoisotopic (exact) mass is 318 g/mol. The molecule has 6 nitrogen and oxygen atoms in total. The summed E-state index contributed by atoms with van der Waals surface area (Å²) in [4.78, 5) is 22.8. The molecule has 0 aliphatic carbocycles. The molecule has 1 rings (SSSR count). The van der Waals surface area contributed by atoms with Crippen LogP contribution in [0.25, 0.3) is 0 Å². The summed E-state index contributed by atoms with van der Waals surface area (Å²) < 4.78 is 10.1. The predicted molar refractivity (Wildman–Crippen MR) is 84.8 cm³/mol. The summed E-state index contributed by atoms with van der Waals surface area (Å²) in [5.74, 6) is -0.503. The minimum absolute atomic E-state index is 0.0520. The third-order valence-corrected chi connectivity index (χ3v) is 3.00. The molecule has 1 aromatic carbocycles. The van der Waals surface area contributed by atoms with Crippen LogP contribution in [0.15, 0.2) is 24.3 Å². The van der Waals surface area contributed by atoms with E-state index in [-0.39, 0.29) is 31.6 Å². The zero-order valence-electron chi connectivity index (χ0n) is 13.7. The van der Waals surface area contributed by atoms with Crippen LogP contribution < -0.4 is 10.1 Å². The summed E-state index contributed by atoms with van der Waals surface area (Å²) >= 11 is 0. The minimum Gasteiger partial charge on any atom is -0.482 e. The second-order valence-electron chi connectivity index (χ2n) is 5.98. The van der Waals surface area contributed by atoms with Gasteiger partial charge in [-0.3, -0.25) is 4.79 Å². The smallest absolute Gasteiger partial charge is 0.344 e. The number of nitriles is 1. The van der Waals surface area contributed by atoms with E-state index < -0.39 is 11.9 Å². The highest BCUT2D eigenvalue weighted by atomic mass is 16.6. The number of nitrogens with one attached hydrogen (secondary N) is 1. The Kier molecular flexibility index (Phi) is 7.07. The van der Waals surface area contributed by atoms with Crippen molar-refractivity contribution in [3.8, 4) is 11.8 Å². The molecule has 1 amide bonds. The number of ether oxygens (including phenoxy) is 2. The summed E-state index contributed by atoms with van der Waals surface area (Å²) in [7, 11) is 0. The van der Waals surface area contributed by atoms with Crippen LogP contribution in [0.3, 0.4) is 0 Å². The molecule has 6 heteroatoms. The zero-order valence-corrected chi connectivity index (χ0v) is 13.7. The van der Waals surface area contributed by atoms with Crippen LogP contribution in [-0.4, -0.2) is 31.6 Å². The Morgan fingerprint density at radius 1 is 1.17 bits per heavy atom. The molecule has 0 aromatic heterocycles. The van der Waals surface area contributed by atoms with Crippen molar-refractivity contribution in [2.75, 3.05) is 19.8 Å². The molecular weight excluding hydrogens is 296 g/mol. The fraction of sp³-hybridized carbons (Fsp3) is 0.471. The van der Waals surface area contributed by atoms with Gasteiger partial charge in [0.25, 0.3) is 5.91 Å². The van der Waals surface area contributed by atoms with Crippen LogP contribution in [0.4, 0.5) is 0 Å². The van der Waals surface area contributed by atoms with Gasteiger partial charge in [0, 0.05) is 6.54 Å². The molecule has 0 unspecified atom stereocenters. The highest BCUT2D eigenvalue weighted by Crippen LogP contribution is 2.24. The first kappa shape index (κ1) is 18.5. The van der Waals surface area contributed by atoms with E-state index in [0.29, 0.717) is 5.75 Å². The fourth-order valence-corrected chi connectivity index (χ4v) is 1.69. The van der Waals surface area contributed by atoms with Gasteiger partial charge in [-0.05, 0) is 23.1 Å². The Labute approximate surface area is 136 Å². The van der Waals surface area contributed by atoms with Crippen molar-refractivity contribution < 1.29 is 19.1 Å². The Hall–Kier alpha value is -2.55. The quantitative estimate of drug-likeness (QED) is 0.613. The standard InChI is InChI=1S/C17H22N2O4/c1-17(2,3)13-5-7-14(8-6-13)22-12-16(21)23-11-15(20)19-10-4-9-18/h5-8H,4,10-12H2,1-3H3,(H,19,20). The topological polar surface area (TPSA) is 88.4 Å². The van der Waals surface area contributed by atoms with Crippen LogP contribution in [0.5, 0.6) is 5.75 Å². The van der Waals surface area contributed by atoms with Gasteiger partial charge in [-0.2, -0.15) is 5.26 Å². The van der Waals surface area contributed by atoms with E-state index in [9.17, 15) is 9.59 Å². The molecule has 0 aliphatic heterocycles. The Morgan fingerprint density at radius 3 is 2.39 bits per heavy atom. The maximum Gasteiger partial charge on any atom is 0.344 e. The van der Waals surface area contributed by atoms with Crippen LogP contribution in [0.1, 0.15) is 32.8 Å². The van der Waals surface area contributed by atoms with Gasteiger partial charge in [0.1, 0.15) is 5.75 Å². The molecule has 0 fully saturated rings. The van der Waals surface area contributed by atoms with E-state index in [1.165, 1.54) is 5.56 Å². The van der Waals surface area contributed by atoms with Crippen LogP contribution in [-0.2, 0) is 19.7 Å². The number of carbonyl (C=O) groups is 2. The van der Waals surface area contributed by atoms with E-state index >= 15 is 0 Å². The number of carbonyl (C=O) groups excluding carboxylic acids is 2. The van der Waals surface area contributed by atoms with Gasteiger partial charge >= 0.3 is 5.97 Å². The lowest BCUT2D eigenvalue weighted by molar-refractivity contribution is -0.150. The fourth-order valence-electron chi connectivity index (χ4n) is 1.69. The summed E-state index contributed by atoms with van der Waals surface area (Å²) in [6.07, 6.45) is 0.216. The SMILES string of the molecule is CC(C)(C)c1ccc(OCC(=O)OCC(=O)NCCC#N)cc1. The van der Waals surface area contributed by atoms with Gasteiger partial charge in [0.05, 0.1) is 12.5 Å². The molecule has 0 heterocycles. The van der Waals surface area contributed by atoms with Crippen molar-refractivity contribution in [3.63, 3.8) is 0 Å². The molecule has 23 heavy (non-hydrogen) atoms. The minimum atomic E-state index is -0.625. The van der Waals surface area contributed by atoms with Gasteiger partial charge in [0.2, 0.25) is 0 Å². The van der Waals surface area contributed by atoms with E-state index in [1.54, 1.807) is 12.1 Å². The van der Waals surface area contributed by atoms with E-state index in [1.807, 2.05) is 18.2 Å². The number of hydrogen-bond acceptors (Lipinski definition) is 5. The van der Waals surface area contributed by atoms with Gasteiger partial charge in [-0.25, -0.2) is 4.79 Å². The summed E-state index contributed by atoms with van der Waals surface area (Å²) in [5, 5.41) is 10.8. The maximum absolute atomic E-state index is 11.5. The molecule has 0 aliphatic rings. The molecule has 0 spiro atoms. The summed E-state index contributed by atoms with van der Waals surface area (Å²) in [6.45, 7) is 5.94. The zero-order chi connectivity index (χ0) is 17.3. The van der Waals surface area contributed by atoms with Crippen molar-refractivity contribution in [2.24, 2.45) is 0 Å². The first-order chi connectivity index (χ1) is 10.8. The largest absolute Gasteiger partial charge is 0.482 e. The molecule has 0 bridgehead atoms. The lowest BCUT2D eigenvalue weighted by atomic mass is 9.87. The average Bonchev–Trinajstić information content (AvgIpc) is 2.50. The molecule has 1 N–H and O–H groups in total. The second-order valence-corrected chi connectivity index (χ2v) is 5.98. The van der Waals surface area contributed by atoms with Crippen molar-refractivity contribution in [2.45, 2.75) is 32.6 Å². The number of hydrogen-bond donors (Lipinski definition) is 1. The number of esters is 1. The number of nitrogens with zero attached hydrogens (tertiary/aromatic N) is 1. The third kappa shape index (κ3) is 7.32. The van der Waals surface area contributed by atoms with Gasteiger partial charge in [-0.15, -0.1) is 0 Å². The average molecular weight is 318 g/mol. The van der Waals surface area contributed by atoms with Gasteiger partial charge in [-0.1, -0.05) is 32.9 Å². The first-order valence-corrected chi connectivity index (χ1v) is 7.35. The van der Waals surface area contributed by atoms with Crippen molar-refractivity contribution in [1.29, 1.82) is 5.26 Å². The van der Waals surface area contributed by atoms with Crippen LogP contribution in [0, 0.1) is 11.3 Å². The van der Waals surface area contributed by atoms with Crippen LogP contribution >= 0.6 is 0 Å². The van der Waals surface area contributed by atoms with E-state index in [4.69, 9.17) is 14.7 Å². The predicted octanol–water partition coefficient (Wildman–Crippen LogP) is 1.94. The number of benzene rings is 1. The molecule has 0 atom stereocenters.